The van der Waals surface area contributed by atoms with E-state index >= 15 is 0 Å². The number of amides is 2. The molecule has 0 spiro atoms. The number of nitrogens with one attached hydrogen (secondary N) is 2. The van der Waals surface area contributed by atoms with Gasteiger partial charge in [0, 0.05) is 31.1 Å². The lowest BCUT2D eigenvalue weighted by atomic mass is 10.1. The summed E-state index contributed by atoms with van der Waals surface area (Å²) in [6, 6.07) is 5.24. The van der Waals surface area contributed by atoms with Crippen LogP contribution in [0.25, 0.3) is 0 Å². The van der Waals surface area contributed by atoms with Gasteiger partial charge in [-0.25, -0.2) is 0 Å². The molecular formula is C15H20ClN3O2. The zero-order valence-electron chi connectivity index (χ0n) is 12.3. The molecule has 6 heteroatoms. The van der Waals surface area contributed by atoms with Crippen LogP contribution in [0.1, 0.15) is 19.8 Å². The van der Waals surface area contributed by atoms with E-state index in [9.17, 15) is 9.59 Å². The van der Waals surface area contributed by atoms with E-state index in [-0.39, 0.29) is 17.7 Å². The maximum Gasteiger partial charge on any atom is 0.228 e. The predicted molar refractivity (Wildman–Crippen MR) is 84.8 cm³/mol. The average Bonchev–Trinajstić information content (AvgIpc) is 2.85. The summed E-state index contributed by atoms with van der Waals surface area (Å²) in [5.74, 6) is -0.102. The third-order valence-electron chi connectivity index (χ3n) is 3.54. The van der Waals surface area contributed by atoms with Crippen LogP contribution < -0.4 is 15.5 Å². The maximum absolute atomic E-state index is 11.9. The molecule has 2 amide bonds. The van der Waals surface area contributed by atoms with Crippen molar-refractivity contribution >= 4 is 34.8 Å². The normalized spacial score (nSPS) is 16.1. The van der Waals surface area contributed by atoms with Gasteiger partial charge in [0.15, 0.2) is 0 Å². The first kappa shape index (κ1) is 15.8. The van der Waals surface area contributed by atoms with Gasteiger partial charge in [-0.1, -0.05) is 18.5 Å². The van der Waals surface area contributed by atoms with Crippen molar-refractivity contribution in [3.8, 4) is 0 Å². The first-order valence-corrected chi connectivity index (χ1v) is 7.46. The predicted octanol–water partition coefficient (Wildman–Crippen LogP) is 2.26. The largest absolute Gasteiger partial charge is 0.326 e. The molecule has 1 saturated heterocycles. The lowest BCUT2D eigenvalue weighted by molar-refractivity contribution is -0.119. The summed E-state index contributed by atoms with van der Waals surface area (Å²) in [5, 5.41) is 6.27. The van der Waals surface area contributed by atoms with Crippen LogP contribution in [0.5, 0.6) is 0 Å². The molecule has 2 N–H and O–H groups in total. The highest BCUT2D eigenvalue weighted by molar-refractivity contribution is 6.34. The molecular weight excluding hydrogens is 290 g/mol. The highest BCUT2D eigenvalue weighted by Crippen LogP contribution is 2.31. The second-order valence-electron chi connectivity index (χ2n) is 5.26. The van der Waals surface area contributed by atoms with Gasteiger partial charge >= 0.3 is 0 Å². The van der Waals surface area contributed by atoms with Gasteiger partial charge in [0.1, 0.15) is 0 Å². The van der Waals surface area contributed by atoms with Crippen LogP contribution >= 0.6 is 11.6 Å². The van der Waals surface area contributed by atoms with Crippen LogP contribution in [0.3, 0.4) is 0 Å². The first-order valence-electron chi connectivity index (χ1n) is 7.08. The van der Waals surface area contributed by atoms with E-state index in [2.05, 4.69) is 10.6 Å². The van der Waals surface area contributed by atoms with Gasteiger partial charge in [0.25, 0.3) is 0 Å². The topological polar surface area (TPSA) is 61.4 Å². The smallest absolute Gasteiger partial charge is 0.228 e. The van der Waals surface area contributed by atoms with E-state index in [0.717, 1.165) is 6.42 Å². The Morgan fingerprint density at radius 1 is 1.48 bits per heavy atom. The van der Waals surface area contributed by atoms with E-state index < -0.39 is 0 Å². The highest BCUT2D eigenvalue weighted by atomic mass is 35.5. The van der Waals surface area contributed by atoms with E-state index in [1.165, 1.54) is 0 Å². The summed E-state index contributed by atoms with van der Waals surface area (Å²) in [5.41, 5.74) is 1.35. The van der Waals surface area contributed by atoms with Gasteiger partial charge in [-0.05, 0) is 31.7 Å². The summed E-state index contributed by atoms with van der Waals surface area (Å²) in [4.78, 5) is 25.4. The fourth-order valence-corrected chi connectivity index (χ4v) is 2.65. The molecule has 0 aliphatic carbocycles. The number of benzene rings is 1. The Morgan fingerprint density at radius 2 is 2.24 bits per heavy atom. The molecule has 1 aliphatic rings. The van der Waals surface area contributed by atoms with Crippen LogP contribution in [0.15, 0.2) is 18.2 Å². The van der Waals surface area contributed by atoms with Gasteiger partial charge in [-0.15, -0.1) is 0 Å². The van der Waals surface area contributed by atoms with Crippen molar-refractivity contribution in [3.05, 3.63) is 23.2 Å². The minimum atomic E-state index is -0.131. The van der Waals surface area contributed by atoms with Crippen molar-refractivity contribution in [2.75, 3.05) is 30.4 Å². The Balaban J connectivity index is 2.08. The molecule has 1 atom stereocenters. The third-order valence-corrected chi connectivity index (χ3v) is 3.84. The van der Waals surface area contributed by atoms with Crippen molar-refractivity contribution in [1.29, 1.82) is 0 Å². The summed E-state index contributed by atoms with van der Waals surface area (Å²) in [6.45, 7) is 3.16. The van der Waals surface area contributed by atoms with Gasteiger partial charge in [0.05, 0.1) is 10.7 Å². The summed E-state index contributed by atoms with van der Waals surface area (Å²) in [6.07, 6.45) is 1.42. The van der Waals surface area contributed by atoms with Crippen molar-refractivity contribution in [3.63, 3.8) is 0 Å². The molecule has 0 bridgehead atoms. The van der Waals surface area contributed by atoms with Gasteiger partial charge in [-0.2, -0.15) is 0 Å². The molecule has 1 unspecified atom stereocenters. The Bertz CT molecular complexity index is 548. The van der Waals surface area contributed by atoms with Crippen LogP contribution in [0.2, 0.25) is 5.02 Å². The molecule has 0 aromatic heterocycles. The maximum atomic E-state index is 11.9. The number of nitrogens with zero attached hydrogens (tertiary/aromatic N) is 1. The van der Waals surface area contributed by atoms with Crippen LogP contribution in [-0.2, 0) is 9.59 Å². The Hall–Kier alpha value is -1.59. The first-order chi connectivity index (χ1) is 10.0. The molecule has 2 rings (SSSR count). The lowest BCUT2D eigenvalue weighted by Gasteiger charge is -2.18. The number of hydrogen-bond acceptors (Lipinski definition) is 3. The minimum Gasteiger partial charge on any atom is -0.326 e. The molecule has 1 aromatic carbocycles. The Morgan fingerprint density at radius 3 is 2.81 bits per heavy atom. The van der Waals surface area contributed by atoms with Crippen molar-refractivity contribution in [2.24, 2.45) is 5.92 Å². The SMILES string of the molecule is CNCC(C)C(=O)Nc1ccc(N2CCCC2=O)c(Cl)c1. The number of rotatable bonds is 5. The molecule has 0 saturated carbocycles. The lowest BCUT2D eigenvalue weighted by Crippen LogP contribution is -2.28. The number of carbonyl (C=O) groups excluding carboxylic acids is 2. The average molecular weight is 310 g/mol. The molecule has 1 aliphatic heterocycles. The number of carbonyl (C=O) groups is 2. The van der Waals surface area contributed by atoms with E-state index in [1.54, 1.807) is 23.1 Å². The van der Waals surface area contributed by atoms with E-state index in [1.807, 2.05) is 14.0 Å². The summed E-state index contributed by atoms with van der Waals surface area (Å²) in [7, 11) is 1.81. The monoisotopic (exact) mass is 309 g/mol. The summed E-state index contributed by atoms with van der Waals surface area (Å²) < 4.78 is 0. The van der Waals surface area contributed by atoms with Crippen LogP contribution in [0, 0.1) is 5.92 Å². The van der Waals surface area contributed by atoms with Gasteiger partial charge < -0.3 is 15.5 Å². The fourth-order valence-electron chi connectivity index (χ4n) is 2.37. The van der Waals surface area contributed by atoms with Crippen LogP contribution in [-0.4, -0.2) is 32.0 Å². The van der Waals surface area contributed by atoms with E-state index in [4.69, 9.17) is 11.6 Å². The van der Waals surface area contributed by atoms with Crippen molar-refractivity contribution in [2.45, 2.75) is 19.8 Å². The van der Waals surface area contributed by atoms with Crippen molar-refractivity contribution < 1.29 is 9.59 Å². The molecule has 1 aromatic rings. The molecule has 0 radical (unpaired) electrons. The van der Waals surface area contributed by atoms with Gasteiger partial charge in [-0.3, -0.25) is 9.59 Å². The molecule has 5 nitrogen and oxygen atoms in total. The second-order valence-corrected chi connectivity index (χ2v) is 5.67. The molecule has 21 heavy (non-hydrogen) atoms. The van der Waals surface area contributed by atoms with E-state index in [0.29, 0.717) is 35.9 Å². The molecule has 1 heterocycles. The van der Waals surface area contributed by atoms with Crippen LogP contribution in [0.4, 0.5) is 11.4 Å². The van der Waals surface area contributed by atoms with Crippen molar-refractivity contribution in [1.82, 2.24) is 5.32 Å². The quantitative estimate of drug-likeness (QED) is 0.877. The fraction of sp³-hybridized carbons (Fsp3) is 0.467. The Kier molecular flexibility index (Phi) is 5.20. The highest BCUT2D eigenvalue weighted by Gasteiger charge is 2.23. The number of hydrogen-bond donors (Lipinski definition) is 2. The third kappa shape index (κ3) is 3.74. The molecule has 114 valence electrons. The second kappa shape index (κ2) is 6.91. The minimum absolute atomic E-state index is 0.0644. The van der Waals surface area contributed by atoms with Gasteiger partial charge in [0.2, 0.25) is 11.8 Å². The summed E-state index contributed by atoms with van der Waals surface area (Å²) >= 11 is 6.24. The Labute approximate surface area is 129 Å². The molecule has 1 fully saturated rings. The standard InChI is InChI=1S/C15H20ClN3O2/c1-10(9-17-2)15(21)18-11-5-6-13(12(16)8-11)19-7-3-4-14(19)20/h5-6,8,10,17H,3-4,7,9H2,1-2H3,(H,18,21). The zero-order valence-corrected chi connectivity index (χ0v) is 13.0. The number of anilines is 2. The zero-order chi connectivity index (χ0) is 15.4. The number of halogens is 1.